The molecule has 0 atom stereocenters. The Morgan fingerprint density at radius 2 is 1.65 bits per heavy atom. The molecule has 0 spiro atoms. The van der Waals surface area contributed by atoms with Crippen LogP contribution in [0.4, 0.5) is 0 Å². The first-order valence-electron chi connectivity index (χ1n) is 8.97. The lowest BCUT2D eigenvalue weighted by atomic mass is 9.82. The Morgan fingerprint density at radius 1 is 0.846 bits per heavy atom. The fraction of sp³-hybridized carbons (Fsp3) is 0.174. The Kier molecular flexibility index (Phi) is 3.05. The number of benzene rings is 2. The minimum atomic E-state index is 0.0397. The summed E-state index contributed by atoms with van der Waals surface area (Å²) in [4.78, 5) is 4.65. The molecule has 0 saturated heterocycles. The maximum atomic E-state index is 4.65. The van der Waals surface area contributed by atoms with Gasteiger partial charge in [-0.3, -0.25) is 4.57 Å². The second kappa shape index (κ2) is 5.21. The minimum absolute atomic E-state index is 0.0397. The van der Waals surface area contributed by atoms with Crippen molar-refractivity contribution in [2.75, 3.05) is 0 Å². The van der Waals surface area contributed by atoms with Gasteiger partial charge in [0.1, 0.15) is 11.6 Å². The molecule has 26 heavy (non-hydrogen) atoms. The van der Waals surface area contributed by atoms with Crippen LogP contribution in [0.3, 0.4) is 0 Å². The average Bonchev–Trinajstić information content (AvgIpc) is 3.33. The predicted octanol–water partition coefficient (Wildman–Crippen LogP) is 5.18. The third kappa shape index (κ3) is 1.97. The van der Waals surface area contributed by atoms with Gasteiger partial charge in [-0.2, -0.15) is 0 Å². The first-order valence-corrected chi connectivity index (χ1v) is 8.97. The highest BCUT2D eigenvalue weighted by Crippen LogP contribution is 2.49. The van der Waals surface area contributed by atoms with Crippen LogP contribution < -0.4 is 0 Å². The van der Waals surface area contributed by atoms with E-state index in [1.807, 2.05) is 12.4 Å². The summed E-state index contributed by atoms with van der Waals surface area (Å²) in [7, 11) is 2.06. The number of rotatable bonds is 2. The lowest BCUT2D eigenvalue weighted by Gasteiger charge is -2.21. The minimum Gasteiger partial charge on any atom is -0.337 e. The monoisotopic (exact) mass is 339 g/mol. The molecule has 3 heteroatoms. The summed E-state index contributed by atoms with van der Waals surface area (Å²) in [6.07, 6.45) is 5.95. The van der Waals surface area contributed by atoms with Crippen LogP contribution in [-0.2, 0) is 12.5 Å². The van der Waals surface area contributed by atoms with E-state index in [9.17, 15) is 0 Å². The molecule has 2 aromatic carbocycles. The molecule has 0 fully saturated rings. The van der Waals surface area contributed by atoms with Crippen LogP contribution in [0.5, 0.6) is 0 Å². The number of hydrogen-bond donors (Lipinski definition) is 0. The number of fused-ring (bicyclic) bond motifs is 3. The zero-order valence-electron chi connectivity index (χ0n) is 15.3. The molecule has 0 unspecified atom stereocenters. The molecule has 0 bridgehead atoms. The van der Waals surface area contributed by atoms with Gasteiger partial charge in [-0.15, -0.1) is 0 Å². The first-order chi connectivity index (χ1) is 12.6. The van der Waals surface area contributed by atoms with E-state index >= 15 is 0 Å². The van der Waals surface area contributed by atoms with E-state index in [0.717, 1.165) is 17.2 Å². The van der Waals surface area contributed by atoms with Crippen molar-refractivity contribution < 1.29 is 0 Å². The van der Waals surface area contributed by atoms with Crippen molar-refractivity contribution >= 4 is 0 Å². The summed E-state index contributed by atoms with van der Waals surface area (Å²) < 4.78 is 4.25. The van der Waals surface area contributed by atoms with Crippen molar-refractivity contribution in [2.24, 2.45) is 7.05 Å². The molecule has 5 rings (SSSR count). The van der Waals surface area contributed by atoms with Gasteiger partial charge in [-0.25, -0.2) is 4.98 Å². The Labute approximate surface area is 153 Å². The lowest BCUT2D eigenvalue weighted by Crippen LogP contribution is -2.14. The van der Waals surface area contributed by atoms with Gasteiger partial charge >= 0.3 is 0 Å². The maximum Gasteiger partial charge on any atom is 0.145 e. The van der Waals surface area contributed by atoms with E-state index in [0.29, 0.717) is 0 Å². The SMILES string of the molecule is Cn1cccc1-n1ccnc1-c1ccc2c(c1)-c1ccccc1C2(C)C. The van der Waals surface area contributed by atoms with Crippen molar-refractivity contribution in [3.8, 4) is 28.3 Å². The maximum absolute atomic E-state index is 4.65. The lowest BCUT2D eigenvalue weighted by molar-refractivity contribution is 0.660. The van der Waals surface area contributed by atoms with Crippen molar-refractivity contribution in [3.05, 3.63) is 84.3 Å². The molecule has 1 aliphatic rings. The van der Waals surface area contributed by atoms with Gasteiger partial charge in [0, 0.05) is 36.6 Å². The van der Waals surface area contributed by atoms with Crippen LogP contribution in [0.2, 0.25) is 0 Å². The Balaban J connectivity index is 1.71. The molecule has 0 radical (unpaired) electrons. The van der Waals surface area contributed by atoms with Crippen molar-refractivity contribution in [1.29, 1.82) is 0 Å². The topological polar surface area (TPSA) is 22.8 Å². The van der Waals surface area contributed by atoms with Crippen LogP contribution in [0.1, 0.15) is 25.0 Å². The molecule has 2 heterocycles. The summed E-state index contributed by atoms with van der Waals surface area (Å²) in [6, 6.07) is 19.7. The number of aryl methyl sites for hydroxylation is 1. The van der Waals surface area contributed by atoms with E-state index in [-0.39, 0.29) is 5.41 Å². The molecule has 1 aliphatic carbocycles. The summed E-state index contributed by atoms with van der Waals surface area (Å²) in [5.41, 5.74) is 6.63. The Morgan fingerprint density at radius 3 is 2.46 bits per heavy atom. The van der Waals surface area contributed by atoms with Crippen molar-refractivity contribution in [3.63, 3.8) is 0 Å². The molecule has 0 saturated carbocycles. The van der Waals surface area contributed by atoms with E-state index in [1.54, 1.807) is 0 Å². The van der Waals surface area contributed by atoms with Gasteiger partial charge in [-0.1, -0.05) is 50.2 Å². The van der Waals surface area contributed by atoms with Gasteiger partial charge in [-0.05, 0) is 40.5 Å². The molecule has 3 nitrogen and oxygen atoms in total. The quantitative estimate of drug-likeness (QED) is 0.493. The van der Waals surface area contributed by atoms with Crippen LogP contribution in [0.25, 0.3) is 28.3 Å². The number of nitrogens with zero attached hydrogens (tertiary/aromatic N) is 3. The zero-order valence-corrected chi connectivity index (χ0v) is 15.3. The molecule has 0 aliphatic heterocycles. The van der Waals surface area contributed by atoms with Gasteiger partial charge in [0.2, 0.25) is 0 Å². The van der Waals surface area contributed by atoms with Crippen LogP contribution in [-0.4, -0.2) is 14.1 Å². The smallest absolute Gasteiger partial charge is 0.145 e. The normalized spacial score (nSPS) is 14.3. The molecular weight excluding hydrogens is 318 g/mol. The van der Waals surface area contributed by atoms with E-state index in [1.165, 1.54) is 22.3 Å². The van der Waals surface area contributed by atoms with Crippen molar-refractivity contribution in [1.82, 2.24) is 14.1 Å². The third-order valence-electron chi connectivity index (χ3n) is 5.65. The summed E-state index contributed by atoms with van der Waals surface area (Å²) in [5, 5.41) is 0. The fourth-order valence-electron chi connectivity index (χ4n) is 4.26. The van der Waals surface area contributed by atoms with Gasteiger partial charge in [0.15, 0.2) is 0 Å². The largest absolute Gasteiger partial charge is 0.337 e. The molecule has 2 aromatic heterocycles. The first kappa shape index (κ1) is 15.2. The van der Waals surface area contributed by atoms with Gasteiger partial charge in [0.05, 0.1) is 0 Å². The van der Waals surface area contributed by atoms with Crippen LogP contribution >= 0.6 is 0 Å². The van der Waals surface area contributed by atoms with Gasteiger partial charge in [0.25, 0.3) is 0 Å². The Hall–Kier alpha value is -3.07. The summed E-state index contributed by atoms with van der Waals surface area (Å²) in [6.45, 7) is 4.62. The number of imidazole rings is 1. The second-order valence-corrected chi connectivity index (χ2v) is 7.53. The number of hydrogen-bond acceptors (Lipinski definition) is 1. The van der Waals surface area contributed by atoms with E-state index < -0.39 is 0 Å². The summed E-state index contributed by atoms with van der Waals surface area (Å²) in [5.74, 6) is 2.08. The highest BCUT2D eigenvalue weighted by atomic mass is 15.2. The molecule has 128 valence electrons. The molecular formula is C23H21N3. The fourth-order valence-corrected chi connectivity index (χ4v) is 4.26. The van der Waals surface area contributed by atoms with Gasteiger partial charge < -0.3 is 4.57 Å². The second-order valence-electron chi connectivity index (χ2n) is 7.53. The van der Waals surface area contributed by atoms with E-state index in [4.69, 9.17) is 0 Å². The zero-order chi connectivity index (χ0) is 17.9. The molecule has 4 aromatic rings. The Bertz CT molecular complexity index is 1130. The molecule has 0 N–H and O–H groups in total. The number of aromatic nitrogens is 3. The highest BCUT2D eigenvalue weighted by Gasteiger charge is 2.35. The molecule has 0 amide bonds. The van der Waals surface area contributed by atoms with Crippen LogP contribution in [0.15, 0.2) is 73.2 Å². The standard InChI is InChI=1S/C23H21N3/c1-23(2)19-8-5-4-7-17(19)18-15-16(10-11-20(18)23)22-24-12-14-26(22)21-9-6-13-25(21)3/h4-15H,1-3H3. The third-order valence-corrected chi connectivity index (χ3v) is 5.65. The van der Waals surface area contributed by atoms with Crippen molar-refractivity contribution in [2.45, 2.75) is 19.3 Å². The average molecular weight is 339 g/mol. The highest BCUT2D eigenvalue weighted by molar-refractivity contribution is 5.83. The predicted molar refractivity (Wildman–Crippen MR) is 106 cm³/mol. The van der Waals surface area contributed by atoms with E-state index in [2.05, 4.69) is 95.8 Å². The summed E-state index contributed by atoms with van der Waals surface area (Å²) >= 11 is 0. The van der Waals surface area contributed by atoms with Crippen LogP contribution in [0, 0.1) is 0 Å².